The molecule has 0 radical (unpaired) electrons. The third-order valence-corrected chi connectivity index (χ3v) is 4.03. The van der Waals surface area contributed by atoms with Crippen LogP contribution in [0.4, 0.5) is 0 Å². The van der Waals surface area contributed by atoms with Crippen molar-refractivity contribution in [3.8, 4) is 0 Å². The van der Waals surface area contributed by atoms with E-state index in [0.29, 0.717) is 17.4 Å². The zero-order chi connectivity index (χ0) is 13.3. The average Bonchev–Trinajstić information content (AvgIpc) is 3.11. The molecule has 1 atom stereocenters. The standard InChI is InChI=1S/C13H22ClN3O/c1-4-13(18,10-5-6-10)12-11(14)9-15-17(12)8-7-16(2)3/h9-10,18H,4-8H2,1-3H3. The van der Waals surface area contributed by atoms with Gasteiger partial charge < -0.3 is 10.0 Å². The summed E-state index contributed by atoms with van der Waals surface area (Å²) in [6.07, 6.45) is 4.50. The Morgan fingerprint density at radius 3 is 2.72 bits per heavy atom. The van der Waals surface area contributed by atoms with Crippen LogP contribution in [0.5, 0.6) is 0 Å². The highest BCUT2D eigenvalue weighted by Crippen LogP contribution is 2.49. The van der Waals surface area contributed by atoms with Crippen LogP contribution in [0.15, 0.2) is 6.20 Å². The zero-order valence-electron chi connectivity index (χ0n) is 11.4. The van der Waals surface area contributed by atoms with Gasteiger partial charge in [0.2, 0.25) is 0 Å². The second-order valence-electron chi connectivity index (χ2n) is 5.42. The number of halogens is 1. The van der Waals surface area contributed by atoms with E-state index in [1.54, 1.807) is 6.20 Å². The molecular formula is C13H22ClN3O. The van der Waals surface area contributed by atoms with Crippen LogP contribution in [0, 0.1) is 5.92 Å². The fraction of sp³-hybridized carbons (Fsp3) is 0.769. The summed E-state index contributed by atoms with van der Waals surface area (Å²) < 4.78 is 1.87. The van der Waals surface area contributed by atoms with Crippen molar-refractivity contribution >= 4 is 11.6 Å². The van der Waals surface area contributed by atoms with Crippen LogP contribution in [0.25, 0.3) is 0 Å². The van der Waals surface area contributed by atoms with Gasteiger partial charge in [0, 0.05) is 6.54 Å². The second kappa shape index (κ2) is 5.19. The normalized spacial score (nSPS) is 19.2. The fourth-order valence-electron chi connectivity index (χ4n) is 2.47. The van der Waals surface area contributed by atoms with E-state index in [9.17, 15) is 5.11 Å². The van der Waals surface area contributed by atoms with Gasteiger partial charge in [-0.15, -0.1) is 0 Å². The molecule has 1 N–H and O–H groups in total. The zero-order valence-corrected chi connectivity index (χ0v) is 12.1. The summed E-state index contributed by atoms with van der Waals surface area (Å²) in [5.41, 5.74) is -0.00379. The molecule has 0 saturated heterocycles. The Labute approximate surface area is 114 Å². The number of aromatic nitrogens is 2. The summed E-state index contributed by atoms with van der Waals surface area (Å²) >= 11 is 6.24. The van der Waals surface area contributed by atoms with Crippen molar-refractivity contribution < 1.29 is 5.11 Å². The topological polar surface area (TPSA) is 41.3 Å². The molecule has 0 amide bonds. The van der Waals surface area contributed by atoms with Gasteiger partial charge in [-0.2, -0.15) is 5.10 Å². The molecule has 0 bridgehead atoms. The second-order valence-corrected chi connectivity index (χ2v) is 5.83. The molecular weight excluding hydrogens is 250 g/mol. The largest absolute Gasteiger partial charge is 0.383 e. The number of hydrogen-bond acceptors (Lipinski definition) is 3. The highest BCUT2D eigenvalue weighted by molar-refractivity contribution is 6.31. The number of rotatable bonds is 6. The molecule has 2 rings (SSSR count). The van der Waals surface area contributed by atoms with Gasteiger partial charge in [0.15, 0.2) is 0 Å². The predicted octanol–water partition coefficient (Wildman–Crippen LogP) is 2.11. The number of nitrogens with zero attached hydrogens (tertiary/aromatic N) is 3. The third-order valence-electron chi connectivity index (χ3n) is 3.76. The maximum Gasteiger partial charge on any atom is 0.110 e. The van der Waals surface area contributed by atoms with Crippen molar-refractivity contribution in [1.82, 2.24) is 14.7 Å². The van der Waals surface area contributed by atoms with E-state index in [1.807, 2.05) is 25.7 Å². The molecule has 0 aliphatic heterocycles. The minimum absolute atomic E-state index is 0.342. The Kier molecular flexibility index (Phi) is 3.99. The summed E-state index contributed by atoms with van der Waals surface area (Å²) in [4.78, 5) is 2.10. The van der Waals surface area contributed by atoms with Crippen LogP contribution in [0.1, 0.15) is 31.9 Å². The first kappa shape index (κ1) is 13.8. The van der Waals surface area contributed by atoms with Crippen molar-refractivity contribution in [2.75, 3.05) is 20.6 Å². The summed E-state index contributed by atoms with van der Waals surface area (Å²) in [5.74, 6) is 0.342. The summed E-state index contributed by atoms with van der Waals surface area (Å²) in [6.45, 7) is 3.65. The Morgan fingerprint density at radius 2 is 2.22 bits per heavy atom. The molecule has 1 unspecified atom stereocenters. The van der Waals surface area contributed by atoms with Gasteiger partial charge in [0.25, 0.3) is 0 Å². The molecule has 0 spiro atoms. The molecule has 1 aromatic heterocycles. The minimum atomic E-state index is -0.806. The van der Waals surface area contributed by atoms with Crippen molar-refractivity contribution in [2.24, 2.45) is 5.92 Å². The number of hydrogen-bond donors (Lipinski definition) is 1. The van der Waals surface area contributed by atoms with Crippen molar-refractivity contribution in [1.29, 1.82) is 0 Å². The lowest BCUT2D eigenvalue weighted by Crippen LogP contribution is -2.32. The SMILES string of the molecule is CCC(O)(c1c(Cl)cnn1CCN(C)C)C1CC1. The Hall–Kier alpha value is -0.580. The molecule has 4 nitrogen and oxygen atoms in total. The number of likely N-dealkylation sites (N-methyl/N-ethyl adjacent to an activating group) is 1. The first-order chi connectivity index (χ1) is 8.49. The maximum atomic E-state index is 10.9. The first-order valence-electron chi connectivity index (χ1n) is 6.58. The molecule has 1 saturated carbocycles. The van der Waals surface area contributed by atoms with Gasteiger partial charge in [-0.25, -0.2) is 0 Å². The van der Waals surface area contributed by atoms with Crippen LogP contribution in [-0.2, 0) is 12.1 Å². The van der Waals surface area contributed by atoms with Gasteiger partial charge in [0.05, 0.1) is 23.5 Å². The summed E-state index contributed by atoms with van der Waals surface area (Å²) in [6, 6.07) is 0. The summed E-state index contributed by atoms with van der Waals surface area (Å²) in [5, 5.41) is 15.8. The smallest absolute Gasteiger partial charge is 0.110 e. The highest BCUT2D eigenvalue weighted by Gasteiger charge is 2.46. The van der Waals surface area contributed by atoms with Crippen molar-refractivity contribution in [2.45, 2.75) is 38.3 Å². The van der Waals surface area contributed by atoms with Crippen molar-refractivity contribution in [3.63, 3.8) is 0 Å². The van der Waals surface area contributed by atoms with Gasteiger partial charge in [-0.1, -0.05) is 18.5 Å². The van der Waals surface area contributed by atoms with Gasteiger partial charge in [-0.05, 0) is 39.3 Å². The molecule has 1 aliphatic carbocycles. The molecule has 5 heteroatoms. The van der Waals surface area contributed by atoms with E-state index in [1.165, 1.54) is 0 Å². The van der Waals surface area contributed by atoms with E-state index in [0.717, 1.165) is 31.6 Å². The predicted molar refractivity (Wildman–Crippen MR) is 72.7 cm³/mol. The van der Waals surface area contributed by atoms with E-state index in [4.69, 9.17) is 11.6 Å². The van der Waals surface area contributed by atoms with Crippen LogP contribution >= 0.6 is 11.6 Å². The van der Waals surface area contributed by atoms with E-state index in [-0.39, 0.29) is 0 Å². The van der Waals surface area contributed by atoms with Gasteiger partial charge in [0.1, 0.15) is 5.60 Å². The van der Waals surface area contributed by atoms with Crippen LogP contribution in [0.3, 0.4) is 0 Å². The van der Waals surface area contributed by atoms with Crippen LogP contribution in [-0.4, -0.2) is 40.4 Å². The molecule has 102 valence electrons. The average molecular weight is 272 g/mol. The molecule has 0 aromatic carbocycles. The molecule has 18 heavy (non-hydrogen) atoms. The Balaban J connectivity index is 2.27. The molecule has 1 aromatic rings. The lowest BCUT2D eigenvalue weighted by atomic mass is 9.90. The van der Waals surface area contributed by atoms with Crippen molar-refractivity contribution in [3.05, 3.63) is 16.9 Å². The summed E-state index contributed by atoms with van der Waals surface area (Å²) in [7, 11) is 4.05. The van der Waals surface area contributed by atoms with E-state index in [2.05, 4.69) is 10.00 Å². The first-order valence-corrected chi connectivity index (χ1v) is 6.95. The quantitative estimate of drug-likeness (QED) is 0.862. The Bertz CT molecular complexity index is 414. The lowest BCUT2D eigenvalue weighted by molar-refractivity contribution is 0.0000125. The van der Waals surface area contributed by atoms with Crippen LogP contribution < -0.4 is 0 Å². The van der Waals surface area contributed by atoms with E-state index >= 15 is 0 Å². The molecule has 1 heterocycles. The monoisotopic (exact) mass is 271 g/mol. The maximum absolute atomic E-state index is 10.9. The fourth-order valence-corrected chi connectivity index (χ4v) is 2.77. The van der Waals surface area contributed by atoms with Crippen LogP contribution in [0.2, 0.25) is 5.02 Å². The number of aliphatic hydroxyl groups is 1. The molecule has 1 aliphatic rings. The highest BCUT2D eigenvalue weighted by atomic mass is 35.5. The van der Waals surface area contributed by atoms with E-state index < -0.39 is 5.60 Å². The van der Waals surface area contributed by atoms with Gasteiger partial charge >= 0.3 is 0 Å². The minimum Gasteiger partial charge on any atom is -0.383 e. The Morgan fingerprint density at radius 1 is 1.56 bits per heavy atom. The van der Waals surface area contributed by atoms with Gasteiger partial charge in [-0.3, -0.25) is 4.68 Å². The third kappa shape index (κ3) is 2.56. The lowest BCUT2D eigenvalue weighted by Gasteiger charge is -2.28. The molecule has 1 fully saturated rings.